The quantitative estimate of drug-likeness (QED) is 0.361. The molecule has 2 bridgehead atoms. The summed E-state index contributed by atoms with van der Waals surface area (Å²) in [5.74, 6) is -1.37. The summed E-state index contributed by atoms with van der Waals surface area (Å²) in [4.78, 5) is 25.3. The molecule has 1 aromatic carbocycles. The third kappa shape index (κ3) is 6.35. The van der Waals surface area contributed by atoms with Crippen molar-refractivity contribution in [2.75, 3.05) is 19.8 Å². The fraction of sp³-hybridized carbons (Fsp3) is 0.680. The molecule has 3 aliphatic carbocycles. The Hall–Kier alpha value is -2.15. The van der Waals surface area contributed by atoms with E-state index in [1.165, 1.54) is 12.1 Å². The number of piperidine rings is 1. The average molecular weight is 566 g/mol. The maximum Gasteiger partial charge on any atom is 0.403 e. The predicted octanol–water partition coefficient (Wildman–Crippen LogP) is 3.00. The highest BCUT2D eigenvalue weighted by Crippen LogP contribution is 2.52. The molecule has 212 valence electrons. The number of fused-ring (bicyclic) bond motifs is 3. The number of hydrogen-bond acceptors (Lipinski definition) is 6. The summed E-state index contributed by atoms with van der Waals surface area (Å²) in [5, 5.41) is 19.5. The first-order valence-corrected chi connectivity index (χ1v) is 12.9. The van der Waals surface area contributed by atoms with Gasteiger partial charge in [-0.05, 0) is 57.6 Å². The van der Waals surface area contributed by atoms with E-state index >= 15 is 0 Å². The van der Waals surface area contributed by atoms with Crippen LogP contribution in [0.3, 0.4) is 0 Å². The van der Waals surface area contributed by atoms with Gasteiger partial charge in [0.05, 0.1) is 22.3 Å². The van der Waals surface area contributed by atoms with Gasteiger partial charge in [0.2, 0.25) is 5.91 Å². The maximum absolute atomic E-state index is 13.6. The average Bonchev–Trinajstić information content (AvgIpc) is 2.84. The monoisotopic (exact) mass is 565 g/mol. The van der Waals surface area contributed by atoms with Crippen LogP contribution >= 0.6 is 11.6 Å². The van der Waals surface area contributed by atoms with Gasteiger partial charge in [0.15, 0.2) is 6.61 Å². The summed E-state index contributed by atoms with van der Waals surface area (Å²) in [6.45, 7) is 0.942. The Labute approximate surface area is 222 Å². The molecule has 4 aliphatic rings. The number of aliphatic hydroxyl groups is 1. The molecule has 1 aromatic rings. The normalized spacial score (nSPS) is 33.0. The number of hydrogen-bond donors (Lipinski definition) is 4. The van der Waals surface area contributed by atoms with Crippen LogP contribution in [0.4, 0.5) is 17.6 Å². The maximum atomic E-state index is 13.6. The summed E-state index contributed by atoms with van der Waals surface area (Å²) in [6, 6.07) is 2.30. The standard InChI is InChI=1S/C25H32ClF4N3O5/c1-22(36)14-23(32-20(34)12-37-15-2-4-17(26)18(27)10-15)6-8-24(22,9-7-23)33-21(35)13-38-16-3-5-19(31-11-16)25(28,29)30/h2,4,10,16,19,31,36H,3,5-9,11-14H2,1H3,(H,32,34)(H,33,35). The molecule has 1 saturated heterocycles. The van der Waals surface area contributed by atoms with E-state index in [9.17, 15) is 32.3 Å². The molecule has 0 spiro atoms. The highest BCUT2D eigenvalue weighted by Gasteiger charge is 2.61. The van der Waals surface area contributed by atoms with Crippen molar-refractivity contribution in [1.82, 2.24) is 16.0 Å². The molecule has 3 saturated carbocycles. The summed E-state index contributed by atoms with van der Waals surface area (Å²) < 4.78 is 62.9. The van der Waals surface area contributed by atoms with Gasteiger partial charge in [-0.1, -0.05) is 11.6 Å². The van der Waals surface area contributed by atoms with Gasteiger partial charge < -0.3 is 30.5 Å². The third-order valence-electron chi connectivity index (χ3n) is 8.03. The van der Waals surface area contributed by atoms with Crippen molar-refractivity contribution in [3.8, 4) is 5.75 Å². The molecular formula is C25H32ClF4N3O5. The van der Waals surface area contributed by atoms with Gasteiger partial charge in [-0.3, -0.25) is 9.59 Å². The van der Waals surface area contributed by atoms with Crippen LogP contribution in [0.2, 0.25) is 5.02 Å². The van der Waals surface area contributed by atoms with Gasteiger partial charge in [-0.2, -0.15) is 13.2 Å². The van der Waals surface area contributed by atoms with E-state index in [4.69, 9.17) is 21.1 Å². The molecule has 2 amide bonds. The summed E-state index contributed by atoms with van der Waals surface area (Å²) in [5.41, 5.74) is -2.93. The number of halogens is 5. The third-order valence-corrected chi connectivity index (χ3v) is 8.34. The number of amides is 2. The van der Waals surface area contributed by atoms with Crippen molar-refractivity contribution >= 4 is 23.4 Å². The van der Waals surface area contributed by atoms with Crippen LogP contribution in [0.5, 0.6) is 5.75 Å². The number of rotatable bonds is 8. The summed E-state index contributed by atoms with van der Waals surface area (Å²) in [7, 11) is 0. The van der Waals surface area contributed by atoms with E-state index in [2.05, 4.69) is 16.0 Å². The molecule has 38 heavy (non-hydrogen) atoms. The van der Waals surface area contributed by atoms with Crippen LogP contribution in [0, 0.1) is 5.82 Å². The lowest BCUT2D eigenvalue weighted by atomic mass is 9.54. The van der Waals surface area contributed by atoms with E-state index < -0.39 is 52.6 Å². The smallest absolute Gasteiger partial charge is 0.403 e. The Morgan fingerprint density at radius 3 is 2.39 bits per heavy atom. The van der Waals surface area contributed by atoms with Crippen molar-refractivity contribution in [2.24, 2.45) is 0 Å². The van der Waals surface area contributed by atoms with Gasteiger partial charge in [-0.25, -0.2) is 4.39 Å². The Bertz CT molecular complexity index is 1040. The molecule has 0 radical (unpaired) electrons. The van der Waals surface area contributed by atoms with Crippen molar-refractivity contribution in [1.29, 1.82) is 0 Å². The second-order valence-corrected chi connectivity index (χ2v) is 11.2. The topological polar surface area (TPSA) is 109 Å². The van der Waals surface area contributed by atoms with Crippen LogP contribution in [0.25, 0.3) is 0 Å². The second kappa shape index (κ2) is 10.8. The van der Waals surface area contributed by atoms with Crippen molar-refractivity contribution < 1.29 is 41.7 Å². The molecule has 4 fully saturated rings. The first-order valence-electron chi connectivity index (χ1n) is 12.6. The van der Waals surface area contributed by atoms with Crippen LogP contribution in [-0.4, -0.2) is 71.7 Å². The SMILES string of the molecule is CC1(O)CC2(NC(=O)COc3ccc(Cl)c(F)c3)CCC1(NC(=O)COC1CCC(C(F)(F)F)NC1)CC2. The van der Waals surface area contributed by atoms with Crippen molar-refractivity contribution in [2.45, 2.75) is 86.9 Å². The first-order chi connectivity index (χ1) is 17.7. The van der Waals surface area contributed by atoms with Gasteiger partial charge in [0.25, 0.3) is 5.91 Å². The number of carbonyl (C=O) groups is 2. The Kier molecular flexibility index (Phi) is 8.19. The highest BCUT2D eigenvalue weighted by molar-refractivity contribution is 6.30. The van der Waals surface area contributed by atoms with Gasteiger partial charge in [-0.15, -0.1) is 0 Å². The summed E-state index contributed by atoms with van der Waals surface area (Å²) in [6.07, 6.45) is -2.71. The van der Waals surface area contributed by atoms with Gasteiger partial charge in [0, 0.05) is 24.6 Å². The molecule has 8 nitrogen and oxygen atoms in total. The van der Waals surface area contributed by atoms with Crippen molar-refractivity contribution in [3.63, 3.8) is 0 Å². The van der Waals surface area contributed by atoms with E-state index in [1.54, 1.807) is 6.92 Å². The minimum atomic E-state index is -4.31. The number of benzene rings is 1. The zero-order chi connectivity index (χ0) is 27.8. The molecule has 4 N–H and O–H groups in total. The molecule has 1 heterocycles. The van der Waals surface area contributed by atoms with Crippen LogP contribution < -0.4 is 20.7 Å². The zero-order valence-electron chi connectivity index (χ0n) is 20.9. The van der Waals surface area contributed by atoms with E-state index in [1.807, 2.05) is 0 Å². The Balaban J connectivity index is 1.26. The molecule has 13 heteroatoms. The molecule has 3 unspecified atom stereocenters. The van der Waals surface area contributed by atoms with E-state index in [0.29, 0.717) is 25.7 Å². The summed E-state index contributed by atoms with van der Waals surface area (Å²) >= 11 is 5.65. The lowest BCUT2D eigenvalue weighted by Crippen LogP contribution is -2.75. The van der Waals surface area contributed by atoms with Crippen LogP contribution in [-0.2, 0) is 14.3 Å². The number of alkyl halides is 3. The molecule has 1 aliphatic heterocycles. The fourth-order valence-corrected chi connectivity index (χ4v) is 6.04. The molecule has 0 aromatic heterocycles. The number of nitrogens with one attached hydrogen (secondary N) is 3. The minimum absolute atomic E-state index is 0.000788. The van der Waals surface area contributed by atoms with Gasteiger partial charge in [0.1, 0.15) is 24.2 Å². The number of carbonyl (C=O) groups excluding carboxylic acids is 2. The van der Waals surface area contributed by atoms with Crippen molar-refractivity contribution in [3.05, 3.63) is 29.0 Å². The largest absolute Gasteiger partial charge is 0.484 e. The highest BCUT2D eigenvalue weighted by atomic mass is 35.5. The number of ether oxygens (including phenoxy) is 2. The first kappa shape index (κ1) is 28.8. The molecule has 3 atom stereocenters. The Morgan fingerprint density at radius 2 is 1.82 bits per heavy atom. The predicted molar refractivity (Wildman–Crippen MR) is 129 cm³/mol. The second-order valence-electron chi connectivity index (χ2n) is 10.8. The zero-order valence-corrected chi connectivity index (χ0v) is 21.7. The lowest BCUT2D eigenvalue weighted by Gasteiger charge is -2.61. The lowest BCUT2D eigenvalue weighted by molar-refractivity contribution is -0.167. The molecule has 5 rings (SSSR count). The van der Waals surface area contributed by atoms with Crippen LogP contribution in [0.1, 0.15) is 51.9 Å². The minimum Gasteiger partial charge on any atom is -0.484 e. The molecular weight excluding hydrogens is 534 g/mol. The van der Waals surface area contributed by atoms with E-state index in [0.717, 1.165) is 6.07 Å². The Morgan fingerprint density at radius 1 is 1.13 bits per heavy atom. The van der Waals surface area contributed by atoms with Gasteiger partial charge >= 0.3 is 6.18 Å². The fourth-order valence-electron chi connectivity index (χ4n) is 5.92. The van der Waals surface area contributed by atoms with E-state index in [-0.39, 0.29) is 49.8 Å². The van der Waals surface area contributed by atoms with Crippen LogP contribution in [0.15, 0.2) is 18.2 Å².